The van der Waals surface area contributed by atoms with Gasteiger partial charge in [-0.3, -0.25) is 4.79 Å². The Kier molecular flexibility index (Phi) is 4.11. The molecule has 0 bridgehead atoms. The van der Waals surface area contributed by atoms with Crippen LogP contribution in [-0.4, -0.2) is 10.1 Å². The van der Waals surface area contributed by atoms with E-state index >= 15 is 0 Å². The van der Waals surface area contributed by atoms with Gasteiger partial charge < -0.3 is 10.1 Å². The summed E-state index contributed by atoms with van der Waals surface area (Å²) in [4.78, 5) is 13.7. The van der Waals surface area contributed by atoms with Crippen LogP contribution in [0.5, 0.6) is 5.75 Å². The summed E-state index contributed by atoms with van der Waals surface area (Å²) in [5.41, 5.74) is 1.94. The molecule has 0 fully saturated rings. The molecule has 0 atom stereocenters. The van der Waals surface area contributed by atoms with Crippen LogP contribution >= 0.6 is 23.2 Å². The molecule has 2 aromatic carbocycles. The fraction of sp³-hybridized carbons (Fsp3) is 0. The number of aromatic hydroxyl groups is 1. The standard InChI is InChI=1S/C17H10Cl2FNO2/c18-12-7-10(4-5-13(12)20)9-2-1-3-11(6-9)16-14(22)8-15(23)21-17(16)19/h1-8H,(H2,21,22,23). The molecule has 0 aliphatic heterocycles. The second-order valence-electron chi connectivity index (χ2n) is 4.92. The van der Waals surface area contributed by atoms with E-state index in [1.165, 1.54) is 12.1 Å². The molecule has 1 aromatic heterocycles. The Labute approximate surface area is 140 Å². The van der Waals surface area contributed by atoms with Gasteiger partial charge in [0.2, 0.25) is 0 Å². The molecule has 3 nitrogen and oxygen atoms in total. The van der Waals surface area contributed by atoms with E-state index < -0.39 is 11.4 Å². The highest BCUT2D eigenvalue weighted by Gasteiger charge is 2.12. The lowest BCUT2D eigenvalue weighted by atomic mass is 9.99. The van der Waals surface area contributed by atoms with E-state index in [4.69, 9.17) is 23.2 Å². The molecule has 1 heterocycles. The minimum Gasteiger partial charge on any atom is -0.507 e. The summed E-state index contributed by atoms with van der Waals surface area (Å²) in [5.74, 6) is -0.707. The van der Waals surface area contributed by atoms with E-state index in [2.05, 4.69) is 4.98 Å². The van der Waals surface area contributed by atoms with Crippen LogP contribution in [-0.2, 0) is 0 Å². The van der Waals surface area contributed by atoms with Crippen molar-refractivity contribution in [3.05, 3.63) is 74.9 Å². The Morgan fingerprint density at radius 2 is 1.65 bits per heavy atom. The molecule has 0 spiro atoms. The van der Waals surface area contributed by atoms with Crippen LogP contribution in [0, 0.1) is 5.82 Å². The highest BCUT2D eigenvalue weighted by molar-refractivity contribution is 6.32. The van der Waals surface area contributed by atoms with E-state index in [-0.39, 0.29) is 15.9 Å². The molecule has 23 heavy (non-hydrogen) atoms. The lowest BCUT2D eigenvalue weighted by Gasteiger charge is -2.09. The molecule has 0 saturated heterocycles. The lowest BCUT2D eigenvalue weighted by Crippen LogP contribution is -2.04. The summed E-state index contributed by atoms with van der Waals surface area (Å²) in [6.07, 6.45) is 0. The maximum Gasteiger partial charge on any atom is 0.252 e. The molecule has 0 unspecified atom stereocenters. The Hall–Kier alpha value is -2.30. The van der Waals surface area contributed by atoms with Crippen molar-refractivity contribution < 1.29 is 9.50 Å². The van der Waals surface area contributed by atoms with Crippen LogP contribution in [0.3, 0.4) is 0 Å². The molecule has 0 aliphatic carbocycles. The summed E-state index contributed by atoms with van der Waals surface area (Å²) in [5, 5.41) is 10.1. The fourth-order valence-corrected chi connectivity index (χ4v) is 2.80. The average Bonchev–Trinajstić information content (AvgIpc) is 2.49. The second kappa shape index (κ2) is 6.07. The van der Waals surface area contributed by atoms with Gasteiger partial charge in [-0.15, -0.1) is 0 Å². The molecule has 3 rings (SSSR count). The highest BCUT2D eigenvalue weighted by Crippen LogP contribution is 2.35. The predicted molar refractivity (Wildman–Crippen MR) is 89.6 cm³/mol. The number of hydrogen-bond acceptors (Lipinski definition) is 2. The summed E-state index contributed by atoms with van der Waals surface area (Å²) >= 11 is 11.8. The predicted octanol–water partition coefficient (Wildman–Crippen LogP) is 4.86. The summed E-state index contributed by atoms with van der Waals surface area (Å²) < 4.78 is 13.3. The minimum absolute atomic E-state index is 0.0258. The van der Waals surface area contributed by atoms with Gasteiger partial charge in [0.05, 0.1) is 10.6 Å². The van der Waals surface area contributed by atoms with Gasteiger partial charge in [-0.2, -0.15) is 0 Å². The van der Waals surface area contributed by atoms with Crippen molar-refractivity contribution in [1.82, 2.24) is 4.98 Å². The van der Waals surface area contributed by atoms with Crippen molar-refractivity contribution in [2.75, 3.05) is 0 Å². The zero-order chi connectivity index (χ0) is 16.6. The quantitative estimate of drug-likeness (QED) is 0.649. The smallest absolute Gasteiger partial charge is 0.252 e. The van der Waals surface area contributed by atoms with Crippen LogP contribution in [0.2, 0.25) is 10.2 Å². The first-order chi connectivity index (χ1) is 11.0. The van der Waals surface area contributed by atoms with Crippen LogP contribution in [0.25, 0.3) is 22.3 Å². The van der Waals surface area contributed by atoms with Crippen LogP contribution in [0.4, 0.5) is 4.39 Å². The summed E-state index contributed by atoms with van der Waals surface area (Å²) in [7, 11) is 0. The van der Waals surface area contributed by atoms with E-state index in [1.54, 1.807) is 24.3 Å². The lowest BCUT2D eigenvalue weighted by molar-refractivity contribution is 0.476. The molecule has 0 amide bonds. The third-order valence-corrected chi connectivity index (χ3v) is 3.95. The molecule has 0 saturated carbocycles. The Morgan fingerprint density at radius 3 is 2.35 bits per heavy atom. The number of pyridine rings is 1. The number of aromatic amines is 1. The number of rotatable bonds is 2. The normalized spacial score (nSPS) is 10.7. The van der Waals surface area contributed by atoms with Gasteiger partial charge >= 0.3 is 0 Å². The van der Waals surface area contributed by atoms with Gasteiger partial charge in [-0.1, -0.05) is 47.5 Å². The third-order valence-electron chi connectivity index (χ3n) is 3.38. The van der Waals surface area contributed by atoms with Crippen molar-refractivity contribution in [3.8, 4) is 28.0 Å². The van der Waals surface area contributed by atoms with Gasteiger partial charge in [0.1, 0.15) is 16.7 Å². The van der Waals surface area contributed by atoms with Crippen molar-refractivity contribution >= 4 is 23.2 Å². The Balaban J connectivity index is 2.14. The second-order valence-corrected chi connectivity index (χ2v) is 5.70. The zero-order valence-corrected chi connectivity index (χ0v) is 13.1. The van der Waals surface area contributed by atoms with E-state index in [1.807, 2.05) is 6.07 Å². The zero-order valence-electron chi connectivity index (χ0n) is 11.6. The number of H-pyrrole nitrogens is 1. The Morgan fingerprint density at radius 1 is 0.957 bits per heavy atom. The monoisotopic (exact) mass is 349 g/mol. The molecule has 0 radical (unpaired) electrons. The van der Waals surface area contributed by atoms with Gasteiger partial charge in [0, 0.05) is 6.07 Å². The maximum atomic E-state index is 13.3. The molecule has 2 N–H and O–H groups in total. The van der Waals surface area contributed by atoms with E-state index in [0.29, 0.717) is 11.1 Å². The average molecular weight is 350 g/mol. The molecular weight excluding hydrogens is 340 g/mol. The van der Waals surface area contributed by atoms with Gasteiger partial charge in [-0.05, 0) is 34.9 Å². The number of aromatic nitrogens is 1. The number of benzene rings is 2. The first kappa shape index (κ1) is 15.6. The van der Waals surface area contributed by atoms with Crippen molar-refractivity contribution in [2.24, 2.45) is 0 Å². The topological polar surface area (TPSA) is 53.1 Å². The van der Waals surface area contributed by atoms with Crippen molar-refractivity contribution in [3.63, 3.8) is 0 Å². The molecule has 0 aliphatic rings. The number of hydrogen-bond donors (Lipinski definition) is 2. The molecule has 116 valence electrons. The van der Waals surface area contributed by atoms with Crippen molar-refractivity contribution in [2.45, 2.75) is 0 Å². The first-order valence-corrected chi connectivity index (χ1v) is 7.39. The first-order valence-electron chi connectivity index (χ1n) is 6.63. The van der Waals surface area contributed by atoms with Crippen LogP contribution < -0.4 is 5.56 Å². The van der Waals surface area contributed by atoms with Gasteiger partial charge in [0.25, 0.3) is 5.56 Å². The maximum absolute atomic E-state index is 13.3. The minimum atomic E-state index is -0.493. The fourth-order valence-electron chi connectivity index (χ4n) is 2.32. The van der Waals surface area contributed by atoms with E-state index in [9.17, 15) is 14.3 Å². The molecule has 3 aromatic rings. The van der Waals surface area contributed by atoms with Crippen LogP contribution in [0.1, 0.15) is 0 Å². The van der Waals surface area contributed by atoms with Crippen molar-refractivity contribution in [1.29, 1.82) is 0 Å². The molecule has 6 heteroatoms. The largest absolute Gasteiger partial charge is 0.507 e. The molecular formula is C17H10Cl2FNO2. The summed E-state index contributed by atoms with van der Waals surface area (Å²) in [6, 6.07) is 12.6. The van der Waals surface area contributed by atoms with Gasteiger partial charge in [-0.25, -0.2) is 4.39 Å². The SMILES string of the molecule is O=c1cc(O)c(-c2cccc(-c3ccc(F)c(Cl)c3)c2)c(Cl)[nH]1. The third kappa shape index (κ3) is 3.09. The van der Waals surface area contributed by atoms with Gasteiger partial charge in [0.15, 0.2) is 0 Å². The highest BCUT2D eigenvalue weighted by atomic mass is 35.5. The number of nitrogens with one attached hydrogen (secondary N) is 1. The van der Waals surface area contributed by atoms with Crippen LogP contribution in [0.15, 0.2) is 53.3 Å². The van der Waals surface area contributed by atoms with E-state index in [0.717, 1.165) is 17.2 Å². The Bertz CT molecular complexity index is 927. The summed E-state index contributed by atoms with van der Waals surface area (Å²) in [6.45, 7) is 0. The number of halogens is 3.